The number of cyclic esters (lactones) is 1. The number of aliphatic hydroxyl groups excluding tert-OH is 1. The Hall–Kier alpha value is -3.46. The lowest BCUT2D eigenvalue weighted by Gasteiger charge is -2.21. The van der Waals surface area contributed by atoms with Gasteiger partial charge in [0.15, 0.2) is 12.0 Å². The number of fused-ring (bicyclic) bond motifs is 1. The molecular formula is C21H20FN5O3. The molecule has 154 valence electrons. The summed E-state index contributed by atoms with van der Waals surface area (Å²) in [6.45, 7) is 1.90. The Bertz CT molecular complexity index is 1130. The van der Waals surface area contributed by atoms with E-state index >= 15 is 0 Å². The Kier molecular flexibility index (Phi) is 4.39. The van der Waals surface area contributed by atoms with Crippen molar-refractivity contribution in [1.29, 1.82) is 0 Å². The lowest BCUT2D eigenvalue weighted by atomic mass is 9.98. The molecule has 8 nitrogen and oxygen atoms in total. The first-order valence-corrected chi connectivity index (χ1v) is 9.64. The zero-order chi connectivity index (χ0) is 20.8. The molecule has 30 heavy (non-hydrogen) atoms. The first-order chi connectivity index (χ1) is 14.5. The molecule has 0 saturated carbocycles. The summed E-state index contributed by atoms with van der Waals surface area (Å²) in [6, 6.07) is 10.4. The van der Waals surface area contributed by atoms with Gasteiger partial charge in [-0.05, 0) is 28.8 Å². The number of hydrogen-bond donors (Lipinski definition) is 1. The second kappa shape index (κ2) is 7.10. The zero-order valence-electron chi connectivity index (χ0n) is 16.3. The highest BCUT2D eigenvalue weighted by atomic mass is 19.1. The Morgan fingerprint density at radius 2 is 2.00 bits per heavy atom. The second-order valence-corrected chi connectivity index (χ2v) is 7.45. The van der Waals surface area contributed by atoms with Gasteiger partial charge in [-0.3, -0.25) is 4.90 Å². The Balaban J connectivity index is 1.39. The predicted molar refractivity (Wildman–Crippen MR) is 106 cm³/mol. The number of carbonyl (C=O) groups excluding carboxylic acids is 1. The summed E-state index contributed by atoms with van der Waals surface area (Å²) in [6.07, 6.45) is -0.102. The molecule has 1 aromatic heterocycles. The number of amides is 1. The number of benzene rings is 2. The average molecular weight is 409 g/mol. The number of aromatic nitrogens is 3. The van der Waals surface area contributed by atoms with E-state index in [4.69, 9.17) is 4.74 Å². The largest absolute Gasteiger partial charge is 0.447 e. The van der Waals surface area contributed by atoms with Crippen molar-refractivity contribution in [3.8, 4) is 11.1 Å². The summed E-state index contributed by atoms with van der Waals surface area (Å²) in [5, 5.41) is 18.8. The monoisotopic (exact) mass is 409 g/mol. The minimum Gasteiger partial charge on any atom is -0.447 e. The number of nitrogens with zero attached hydrogens (tertiary/aromatic N) is 5. The maximum absolute atomic E-state index is 14.9. The summed E-state index contributed by atoms with van der Waals surface area (Å²) in [5.41, 5.74) is 3.79. The first-order valence-electron chi connectivity index (χ1n) is 9.64. The highest BCUT2D eigenvalue weighted by molar-refractivity contribution is 5.70. The third-order valence-corrected chi connectivity index (χ3v) is 5.53. The molecule has 5 rings (SSSR count). The van der Waals surface area contributed by atoms with Crippen molar-refractivity contribution in [2.24, 2.45) is 7.05 Å². The molecule has 0 radical (unpaired) electrons. The van der Waals surface area contributed by atoms with Gasteiger partial charge in [0.2, 0.25) is 0 Å². The van der Waals surface area contributed by atoms with Gasteiger partial charge in [-0.1, -0.05) is 24.3 Å². The smallest absolute Gasteiger partial charge is 0.412 e. The summed E-state index contributed by atoms with van der Waals surface area (Å²) in [4.78, 5) is 16.5. The molecule has 1 N–H and O–H groups in total. The van der Waals surface area contributed by atoms with E-state index in [2.05, 4.69) is 15.1 Å². The Labute approximate surface area is 172 Å². The predicted octanol–water partition coefficient (Wildman–Crippen LogP) is 2.58. The van der Waals surface area contributed by atoms with Gasteiger partial charge in [0.1, 0.15) is 12.4 Å². The standard InChI is InChI=1S/C21H20FN5O3/c1-25-23-10-19(24-25)26-11-15-3-2-13(8-16(15)12-26)17-5-4-14(9-18(17)22)20(28)27-6-7-30-21(27)29/h2-5,8-10,20,28H,6-7,11-12H2,1H3. The van der Waals surface area contributed by atoms with Crippen LogP contribution in [0.2, 0.25) is 0 Å². The molecule has 0 bridgehead atoms. The number of anilines is 1. The Morgan fingerprint density at radius 3 is 2.70 bits per heavy atom. The number of halogens is 1. The molecule has 1 atom stereocenters. The molecule has 1 saturated heterocycles. The topological polar surface area (TPSA) is 83.7 Å². The number of aryl methyl sites for hydroxylation is 1. The van der Waals surface area contributed by atoms with E-state index in [1.807, 2.05) is 18.2 Å². The number of ether oxygens (including phenoxy) is 1. The SMILES string of the molecule is Cn1ncc(N2Cc3ccc(-c4ccc(C(O)N5CCOC5=O)cc4F)cc3C2)n1. The molecule has 2 aromatic carbocycles. The number of hydrogen-bond acceptors (Lipinski definition) is 6. The molecule has 3 heterocycles. The van der Waals surface area contributed by atoms with E-state index in [0.717, 1.165) is 23.5 Å². The first kappa shape index (κ1) is 18.6. The van der Waals surface area contributed by atoms with E-state index in [1.165, 1.54) is 21.3 Å². The van der Waals surface area contributed by atoms with Crippen LogP contribution >= 0.6 is 0 Å². The fourth-order valence-corrected chi connectivity index (χ4v) is 3.94. The van der Waals surface area contributed by atoms with Crippen molar-refractivity contribution in [3.63, 3.8) is 0 Å². The van der Waals surface area contributed by atoms with Crippen molar-refractivity contribution in [3.05, 3.63) is 65.1 Å². The van der Waals surface area contributed by atoms with Gasteiger partial charge in [-0.15, -0.1) is 5.10 Å². The molecule has 1 amide bonds. The van der Waals surface area contributed by atoms with Gasteiger partial charge in [-0.25, -0.2) is 9.18 Å². The van der Waals surface area contributed by atoms with Crippen molar-refractivity contribution in [1.82, 2.24) is 19.9 Å². The number of aliphatic hydroxyl groups is 1. The average Bonchev–Trinajstić information content (AvgIpc) is 3.46. The second-order valence-electron chi connectivity index (χ2n) is 7.45. The lowest BCUT2D eigenvalue weighted by Crippen LogP contribution is -2.29. The van der Waals surface area contributed by atoms with Crippen molar-refractivity contribution >= 4 is 11.9 Å². The van der Waals surface area contributed by atoms with Crippen LogP contribution in [-0.2, 0) is 24.9 Å². The molecule has 9 heteroatoms. The molecule has 2 aliphatic heterocycles. The van der Waals surface area contributed by atoms with Crippen LogP contribution in [0.5, 0.6) is 0 Å². The van der Waals surface area contributed by atoms with Crippen LogP contribution in [-0.4, -0.2) is 44.2 Å². The highest BCUT2D eigenvalue weighted by Crippen LogP contribution is 2.33. The summed E-state index contributed by atoms with van der Waals surface area (Å²) in [5.74, 6) is 0.350. The van der Waals surface area contributed by atoms with Crippen LogP contribution in [0.15, 0.2) is 42.6 Å². The van der Waals surface area contributed by atoms with Crippen LogP contribution < -0.4 is 4.90 Å². The van der Waals surface area contributed by atoms with E-state index < -0.39 is 18.1 Å². The summed E-state index contributed by atoms with van der Waals surface area (Å²) in [7, 11) is 1.78. The van der Waals surface area contributed by atoms with E-state index in [9.17, 15) is 14.3 Å². The molecule has 0 spiro atoms. The van der Waals surface area contributed by atoms with Crippen molar-refractivity contribution in [2.45, 2.75) is 19.3 Å². The van der Waals surface area contributed by atoms with E-state index in [-0.39, 0.29) is 13.2 Å². The van der Waals surface area contributed by atoms with Crippen molar-refractivity contribution in [2.75, 3.05) is 18.1 Å². The molecule has 2 aliphatic rings. The van der Waals surface area contributed by atoms with Crippen LogP contribution in [0, 0.1) is 5.82 Å². The lowest BCUT2D eigenvalue weighted by molar-refractivity contribution is 0.0362. The normalized spacial score (nSPS) is 16.7. The minimum absolute atomic E-state index is 0.219. The van der Waals surface area contributed by atoms with Crippen LogP contribution in [0.25, 0.3) is 11.1 Å². The molecule has 1 unspecified atom stereocenters. The van der Waals surface area contributed by atoms with Crippen LogP contribution in [0.3, 0.4) is 0 Å². The molecular weight excluding hydrogens is 389 g/mol. The quantitative estimate of drug-likeness (QED) is 0.713. The third-order valence-electron chi connectivity index (χ3n) is 5.53. The van der Waals surface area contributed by atoms with Gasteiger partial charge in [-0.2, -0.15) is 9.90 Å². The van der Waals surface area contributed by atoms with E-state index in [1.54, 1.807) is 25.4 Å². The molecule has 3 aromatic rings. The zero-order valence-corrected chi connectivity index (χ0v) is 16.3. The Morgan fingerprint density at radius 1 is 1.17 bits per heavy atom. The fraction of sp³-hybridized carbons (Fsp3) is 0.286. The minimum atomic E-state index is -1.23. The van der Waals surface area contributed by atoms with Crippen molar-refractivity contribution < 1.29 is 19.0 Å². The number of carbonyl (C=O) groups is 1. The summed E-state index contributed by atoms with van der Waals surface area (Å²) >= 11 is 0. The van der Waals surface area contributed by atoms with E-state index in [0.29, 0.717) is 17.7 Å². The highest BCUT2D eigenvalue weighted by Gasteiger charge is 2.30. The van der Waals surface area contributed by atoms with Crippen LogP contribution in [0.1, 0.15) is 22.9 Å². The van der Waals surface area contributed by atoms with Gasteiger partial charge in [0.25, 0.3) is 0 Å². The van der Waals surface area contributed by atoms with Gasteiger partial charge in [0, 0.05) is 31.3 Å². The van der Waals surface area contributed by atoms with Gasteiger partial charge >= 0.3 is 6.09 Å². The van der Waals surface area contributed by atoms with Gasteiger partial charge in [0.05, 0.1) is 12.7 Å². The third kappa shape index (κ3) is 3.17. The maximum atomic E-state index is 14.9. The molecule has 0 aliphatic carbocycles. The van der Waals surface area contributed by atoms with Gasteiger partial charge < -0.3 is 14.7 Å². The summed E-state index contributed by atoms with van der Waals surface area (Å²) < 4.78 is 19.7. The molecule has 1 fully saturated rings. The fourth-order valence-electron chi connectivity index (χ4n) is 3.94. The van der Waals surface area contributed by atoms with Crippen LogP contribution in [0.4, 0.5) is 15.0 Å². The number of rotatable bonds is 4. The maximum Gasteiger partial charge on any atom is 0.412 e.